The minimum atomic E-state index is -0.170. The smallest absolute Gasteiger partial charge is 0.227 e. The molecule has 1 saturated heterocycles. The molecule has 26 heavy (non-hydrogen) atoms. The fourth-order valence-electron chi connectivity index (χ4n) is 3.54. The molecule has 1 N–H and O–H groups in total. The van der Waals surface area contributed by atoms with Gasteiger partial charge in [-0.05, 0) is 51.1 Å². The van der Waals surface area contributed by atoms with Crippen LogP contribution in [0.5, 0.6) is 5.75 Å². The molecule has 0 bridgehead atoms. The Hall–Kier alpha value is -2.40. The highest BCUT2D eigenvalue weighted by atomic mass is 19.1. The molecule has 0 aromatic heterocycles. The molecular formula is C21H25FN2O2. The van der Waals surface area contributed by atoms with Crippen molar-refractivity contribution in [3.63, 3.8) is 0 Å². The molecular weight excluding hydrogens is 331 g/mol. The summed E-state index contributed by atoms with van der Waals surface area (Å²) in [5, 5.41) is 2.97. The molecule has 5 heteroatoms. The first-order valence-electron chi connectivity index (χ1n) is 9.02. The van der Waals surface area contributed by atoms with Gasteiger partial charge in [0.15, 0.2) is 0 Å². The van der Waals surface area contributed by atoms with Crippen LogP contribution >= 0.6 is 0 Å². The Morgan fingerprint density at radius 3 is 2.50 bits per heavy atom. The van der Waals surface area contributed by atoms with E-state index in [4.69, 9.17) is 4.74 Å². The molecule has 1 fully saturated rings. The van der Waals surface area contributed by atoms with E-state index in [1.165, 1.54) is 6.07 Å². The van der Waals surface area contributed by atoms with Crippen LogP contribution in [0.25, 0.3) is 0 Å². The number of halogens is 1. The number of ether oxygens (including phenoxy) is 1. The van der Waals surface area contributed by atoms with Crippen molar-refractivity contribution in [3.05, 3.63) is 59.9 Å². The maximum absolute atomic E-state index is 14.0. The molecule has 0 unspecified atom stereocenters. The summed E-state index contributed by atoms with van der Waals surface area (Å²) < 4.78 is 19.3. The molecule has 2 aromatic rings. The number of likely N-dealkylation sites (tertiary alicyclic amines) is 1. The molecule has 1 atom stereocenters. The molecule has 0 radical (unpaired) electrons. The summed E-state index contributed by atoms with van der Waals surface area (Å²) in [7, 11) is 1.59. The standard InChI is InChI=1S/C21H25FN2O2/c1-15(17-7-3-4-8-18(17)22)24-13-11-16(12-14-24)21(25)23-19-9-5-6-10-20(19)26-2/h3-10,15-16H,11-14H2,1-2H3,(H,23,25)/t15-/m1/s1. The van der Waals surface area contributed by atoms with Crippen LogP contribution in [-0.4, -0.2) is 31.0 Å². The number of carbonyl (C=O) groups is 1. The van der Waals surface area contributed by atoms with E-state index >= 15 is 0 Å². The first kappa shape index (κ1) is 18.4. The minimum absolute atomic E-state index is 0.00873. The summed E-state index contributed by atoms with van der Waals surface area (Å²) in [4.78, 5) is 14.8. The number of hydrogen-bond donors (Lipinski definition) is 1. The lowest BCUT2D eigenvalue weighted by atomic mass is 9.93. The predicted octanol–water partition coefficient (Wildman–Crippen LogP) is 4.25. The van der Waals surface area contributed by atoms with E-state index in [-0.39, 0.29) is 23.7 Å². The Balaban J connectivity index is 1.58. The van der Waals surface area contributed by atoms with Gasteiger partial charge in [0.2, 0.25) is 5.91 Å². The number of rotatable bonds is 5. The SMILES string of the molecule is COc1ccccc1NC(=O)C1CCN([C@H](C)c2ccccc2F)CC1. The van der Waals surface area contributed by atoms with Gasteiger partial charge in [-0.25, -0.2) is 4.39 Å². The molecule has 138 valence electrons. The first-order valence-corrected chi connectivity index (χ1v) is 9.02. The monoisotopic (exact) mass is 356 g/mol. The van der Waals surface area contributed by atoms with Gasteiger partial charge in [0.1, 0.15) is 11.6 Å². The molecule has 4 nitrogen and oxygen atoms in total. The van der Waals surface area contributed by atoms with Gasteiger partial charge in [-0.3, -0.25) is 9.69 Å². The average Bonchev–Trinajstić information content (AvgIpc) is 2.68. The fourth-order valence-corrected chi connectivity index (χ4v) is 3.54. The molecule has 0 aliphatic carbocycles. The fraction of sp³-hybridized carbons (Fsp3) is 0.381. The second-order valence-corrected chi connectivity index (χ2v) is 6.70. The third-order valence-corrected chi connectivity index (χ3v) is 5.17. The highest BCUT2D eigenvalue weighted by Crippen LogP contribution is 2.29. The number of piperidine rings is 1. The Morgan fingerprint density at radius 1 is 1.15 bits per heavy atom. The molecule has 1 amide bonds. The second-order valence-electron chi connectivity index (χ2n) is 6.70. The van der Waals surface area contributed by atoms with Gasteiger partial charge in [-0.2, -0.15) is 0 Å². The van der Waals surface area contributed by atoms with E-state index in [0.29, 0.717) is 17.0 Å². The Bertz CT molecular complexity index is 757. The van der Waals surface area contributed by atoms with E-state index < -0.39 is 0 Å². The van der Waals surface area contributed by atoms with E-state index in [2.05, 4.69) is 10.2 Å². The average molecular weight is 356 g/mol. The van der Waals surface area contributed by atoms with Crippen molar-refractivity contribution in [1.29, 1.82) is 0 Å². The van der Waals surface area contributed by atoms with Crippen LogP contribution in [0.1, 0.15) is 31.4 Å². The van der Waals surface area contributed by atoms with Crippen LogP contribution in [0, 0.1) is 11.7 Å². The number of benzene rings is 2. The summed E-state index contributed by atoms with van der Waals surface area (Å²) in [6, 6.07) is 14.3. The van der Waals surface area contributed by atoms with Crippen molar-refractivity contribution in [2.45, 2.75) is 25.8 Å². The van der Waals surface area contributed by atoms with Crippen molar-refractivity contribution in [2.24, 2.45) is 5.92 Å². The van der Waals surface area contributed by atoms with Gasteiger partial charge < -0.3 is 10.1 Å². The van der Waals surface area contributed by atoms with Crippen molar-refractivity contribution in [1.82, 2.24) is 4.90 Å². The predicted molar refractivity (Wildman–Crippen MR) is 101 cm³/mol. The van der Waals surface area contributed by atoms with E-state index in [1.54, 1.807) is 13.2 Å². The molecule has 1 aliphatic rings. The summed E-state index contributed by atoms with van der Waals surface area (Å²) >= 11 is 0. The van der Waals surface area contributed by atoms with Gasteiger partial charge >= 0.3 is 0 Å². The van der Waals surface area contributed by atoms with Crippen LogP contribution in [0.2, 0.25) is 0 Å². The lowest BCUT2D eigenvalue weighted by Gasteiger charge is -2.35. The molecule has 3 rings (SSSR count). The molecule has 1 heterocycles. The Kier molecular flexibility index (Phi) is 5.89. The third-order valence-electron chi connectivity index (χ3n) is 5.17. The number of nitrogens with zero attached hydrogens (tertiary/aromatic N) is 1. The lowest BCUT2D eigenvalue weighted by Crippen LogP contribution is -2.39. The minimum Gasteiger partial charge on any atom is -0.495 e. The van der Waals surface area contributed by atoms with Gasteiger partial charge in [0, 0.05) is 17.5 Å². The van der Waals surface area contributed by atoms with Gasteiger partial charge in [0.05, 0.1) is 12.8 Å². The zero-order valence-electron chi connectivity index (χ0n) is 15.2. The topological polar surface area (TPSA) is 41.6 Å². The van der Waals surface area contributed by atoms with Crippen molar-refractivity contribution in [2.75, 3.05) is 25.5 Å². The van der Waals surface area contributed by atoms with E-state index in [0.717, 1.165) is 25.9 Å². The van der Waals surface area contributed by atoms with Gasteiger partial charge in [0.25, 0.3) is 0 Å². The van der Waals surface area contributed by atoms with Crippen molar-refractivity contribution >= 4 is 11.6 Å². The maximum Gasteiger partial charge on any atom is 0.227 e. The summed E-state index contributed by atoms with van der Waals surface area (Å²) in [6.07, 6.45) is 1.53. The molecule has 1 aliphatic heterocycles. The van der Waals surface area contributed by atoms with Crippen LogP contribution < -0.4 is 10.1 Å². The number of methoxy groups -OCH3 is 1. The Labute approximate surface area is 154 Å². The highest BCUT2D eigenvalue weighted by molar-refractivity contribution is 5.94. The number of para-hydroxylation sites is 2. The third kappa shape index (κ3) is 4.05. The highest BCUT2D eigenvalue weighted by Gasteiger charge is 2.28. The van der Waals surface area contributed by atoms with Crippen LogP contribution in [0.4, 0.5) is 10.1 Å². The number of hydrogen-bond acceptors (Lipinski definition) is 3. The number of anilines is 1. The summed E-state index contributed by atoms with van der Waals surface area (Å²) in [6.45, 7) is 3.58. The van der Waals surface area contributed by atoms with Crippen LogP contribution in [-0.2, 0) is 4.79 Å². The Morgan fingerprint density at radius 2 is 1.81 bits per heavy atom. The molecule has 2 aromatic carbocycles. The summed E-state index contributed by atoms with van der Waals surface area (Å²) in [5.41, 5.74) is 1.41. The van der Waals surface area contributed by atoms with Gasteiger partial charge in [-0.15, -0.1) is 0 Å². The van der Waals surface area contributed by atoms with E-state index in [1.807, 2.05) is 43.3 Å². The number of nitrogens with one attached hydrogen (secondary N) is 1. The second kappa shape index (κ2) is 8.32. The molecule has 0 spiro atoms. The van der Waals surface area contributed by atoms with Crippen LogP contribution in [0.3, 0.4) is 0 Å². The molecule has 0 saturated carbocycles. The van der Waals surface area contributed by atoms with Crippen LogP contribution in [0.15, 0.2) is 48.5 Å². The largest absolute Gasteiger partial charge is 0.495 e. The number of amides is 1. The zero-order chi connectivity index (χ0) is 18.5. The maximum atomic E-state index is 14.0. The zero-order valence-corrected chi connectivity index (χ0v) is 15.2. The first-order chi connectivity index (χ1) is 12.6. The normalized spacial score (nSPS) is 16.9. The van der Waals surface area contributed by atoms with Gasteiger partial charge in [-0.1, -0.05) is 30.3 Å². The van der Waals surface area contributed by atoms with Crippen molar-refractivity contribution in [3.8, 4) is 5.75 Å². The summed E-state index contributed by atoms with van der Waals surface area (Å²) in [5.74, 6) is 0.471. The number of carbonyl (C=O) groups excluding carboxylic acids is 1. The lowest BCUT2D eigenvalue weighted by molar-refractivity contribution is -0.121. The van der Waals surface area contributed by atoms with E-state index in [9.17, 15) is 9.18 Å². The van der Waals surface area contributed by atoms with Crippen molar-refractivity contribution < 1.29 is 13.9 Å². The quantitative estimate of drug-likeness (QED) is 0.871.